The van der Waals surface area contributed by atoms with Crippen LogP contribution in [0.15, 0.2) is 0 Å². The second-order valence-corrected chi connectivity index (χ2v) is 3.81. The van der Waals surface area contributed by atoms with Crippen LogP contribution >= 0.6 is 0 Å². The Morgan fingerprint density at radius 3 is 2.00 bits per heavy atom. The average molecular weight is 246 g/mol. The number of hydrogen-bond acceptors (Lipinski definition) is 4. The van der Waals surface area contributed by atoms with Crippen molar-refractivity contribution < 1.29 is 24.6 Å². The van der Waals surface area contributed by atoms with Gasteiger partial charge in [0.05, 0.1) is 0 Å². The SMILES string of the molecule is CC(CCCN)C(=O)N(CC(=O)O)CC(=O)O. The Balaban J connectivity index is 4.49. The number of carboxylic acid groups (broad SMARTS) is 2. The molecule has 0 aliphatic carbocycles. The van der Waals surface area contributed by atoms with E-state index in [1.807, 2.05) is 0 Å². The lowest BCUT2D eigenvalue weighted by Gasteiger charge is -2.22. The van der Waals surface area contributed by atoms with Crippen LogP contribution in [0.2, 0.25) is 0 Å². The Morgan fingerprint density at radius 1 is 1.18 bits per heavy atom. The summed E-state index contributed by atoms with van der Waals surface area (Å²) in [6.45, 7) is 0.875. The number of nitrogens with zero attached hydrogens (tertiary/aromatic N) is 1. The minimum Gasteiger partial charge on any atom is -0.480 e. The zero-order valence-corrected chi connectivity index (χ0v) is 9.76. The molecule has 0 aliphatic rings. The molecule has 0 spiro atoms. The fourth-order valence-electron chi connectivity index (χ4n) is 1.40. The molecule has 4 N–H and O–H groups in total. The minimum absolute atomic E-state index is 0.419. The molecule has 0 radical (unpaired) electrons. The van der Waals surface area contributed by atoms with Crippen molar-refractivity contribution in [2.24, 2.45) is 11.7 Å². The largest absolute Gasteiger partial charge is 0.480 e. The van der Waals surface area contributed by atoms with Crippen LogP contribution < -0.4 is 5.73 Å². The van der Waals surface area contributed by atoms with E-state index in [-0.39, 0.29) is 0 Å². The first-order valence-corrected chi connectivity index (χ1v) is 5.31. The summed E-state index contributed by atoms with van der Waals surface area (Å²) in [5.41, 5.74) is 5.30. The smallest absolute Gasteiger partial charge is 0.323 e. The second kappa shape index (κ2) is 7.61. The first-order chi connectivity index (χ1) is 7.88. The number of hydrogen-bond donors (Lipinski definition) is 3. The van der Waals surface area contributed by atoms with Gasteiger partial charge in [0.15, 0.2) is 0 Å². The summed E-state index contributed by atoms with van der Waals surface area (Å²) >= 11 is 0. The van der Waals surface area contributed by atoms with Crippen LogP contribution in [0.4, 0.5) is 0 Å². The zero-order valence-electron chi connectivity index (χ0n) is 9.76. The standard InChI is InChI=1S/C10H18N2O5/c1-7(3-2-4-11)10(17)12(5-8(13)14)6-9(15)16/h7H,2-6,11H2,1H3,(H,13,14)(H,15,16). The Bertz CT molecular complexity index is 276. The van der Waals surface area contributed by atoms with Crippen molar-refractivity contribution in [2.45, 2.75) is 19.8 Å². The Kier molecular flexibility index (Phi) is 6.88. The van der Waals surface area contributed by atoms with Crippen molar-refractivity contribution in [3.63, 3.8) is 0 Å². The predicted octanol–water partition coefficient (Wildman–Crippen LogP) is -0.641. The maximum absolute atomic E-state index is 11.8. The summed E-state index contributed by atoms with van der Waals surface area (Å²) in [6, 6.07) is 0. The van der Waals surface area contributed by atoms with Crippen molar-refractivity contribution in [2.75, 3.05) is 19.6 Å². The summed E-state index contributed by atoms with van der Waals surface area (Å²) in [7, 11) is 0. The molecule has 98 valence electrons. The van der Waals surface area contributed by atoms with E-state index in [2.05, 4.69) is 0 Å². The third kappa shape index (κ3) is 6.52. The number of carboxylic acids is 2. The van der Waals surface area contributed by atoms with Gasteiger partial charge in [0, 0.05) is 5.92 Å². The second-order valence-electron chi connectivity index (χ2n) is 3.81. The van der Waals surface area contributed by atoms with Crippen LogP contribution in [0.25, 0.3) is 0 Å². The molecule has 1 amide bonds. The lowest BCUT2D eigenvalue weighted by molar-refractivity contribution is -0.151. The van der Waals surface area contributed by atoms with E-state index in [1.54, 1.807) is 6.92 Å². The Hall–Kier alpha value is -1.63. The highest BCUT2D eigenvalue weighted by atomic mass is 16.4. The van der Waals surface area contributed by atoms with E-state index in [9.17, 15) is 14.4 Å². The molecule has 7 heteroatoms. The zero-order chi connectivity index (χ0) is 13.4. The lowest BCUT2D eigenvalue weighted by atomic mass is 10.0. The molecule has 7 nitrogen and oxygen atoms in total. The quantitative estimate of drug-likeness (QED) is 0.523. The van der Waals surface area contributed by atoms with E-state index in [0.29, 0.717) is 19.4 Å². The number of nitrogens with two attached hydrogens (primary N) is 1. The molecule has 0 heterocycles. The van der Waals surface area contributed by atoms with Crippen LogP contribution in [-0.4, -0.2) is 52.6 Å². The molecule has 0 saturated heterocycles. The van der Waals surface area contributed by atoms with Gasteiger partial charge in [0.25, 0.3) is 0 Å². The molecule has 0 aromatic carbocycles. The molecule has 0 rings (SSSR count). The molecular weight excluding hydrogens is 228 g/mol. The lowest BCUT2D eigenvalue weighted by Crippen LogP contribution is -2.42. The Morgan fingerprint density at radius 2 is 1.65 bits per heavy atom. The molecule has 17 heavy (non-hydrogen) atoms. The number of aliphatic carboxylic acids is 2. The van der Waals surface area contributed by atoms with Gasteiger partial charge in [0.2, 0.25) is 5.91 Å². The van der Waals surface area contributed by atoms with E-state index in [0.717, 1.165) is 4.90 Å². The third-order valence-electron chi connectivity index (χ3n) is 2.23. The van der Waals surface area contributed by atoms with Crippen LogP contribution in [0, 0.1) is 5.92 Å². The van der Waals surface area contributed by atoms with Gasteiger partial charge in [0.1, 0.15) is 13.1 Å². The highest BCUT2D eigenvalue weighted by Gasteiger charge is 2.23. The summed E-state index contributed by atoms with van der Waals surface area (Å²) in [5, 5.41) is 17.2. The van der Waals surface area contributed by atoms with Crippen LogP contribution in [-0.2, 0) is 14.4 Å². The van der Waals surface area contributed by atoms with Gasteiger partial charge in [-0.3, -0.25) is 14.4 Å². The van der Waals surface area contributed by atoms with Crippen LogP contribution in [0.3, 0.4) is 0 Å². The number of carbonyl (C=O) groups is 3. The molecule has 0 aliphatic heterocycles. The van der Waals surface area contributed by atoms with Gasteiger partial charge >= 0.3 is 11.9 Å². The third-order valence-corrected chi connectivity index (χ3v) is 2.23. The van der Waals surface area contributed by atoms with Crippen molar-refractivity contribution in [1.82, 2.24) is 4.90 Å². The van der Waals surface area contributed by atoms with Gasteiger partial charge in [-0.15, -0.1) is 0 Å². The fraction of sp³-hybridized carbons (Fsp3) is 0.700. The van der Waals surface area contributed by atoms with Crippen LogP contribution in [0.5, 0.6) is 0 Å². The molecule has 0 saturated carbocycles. The molecule has 0 aromatic heterocycles. The summed E-state index contributed by atoms with van der Waals surface area (Å²) < 4.78 is 0. The highest BCUT2D eigenvalue weighted by Crippen LogP contribution is 2.09. The van der Waals surface area contributed by atoms with Gasteiger partial charge in [-0.05, 0) is 19.4 Å². The van der Waals surface area contributed by atoms with Crippen molar-refractivity contribution in [1.29, 1.82) is 0 Å². The molecule has 1 atom stereocenters. The van der Waals surface area contributed by atoms with Crippen molar-refractivity contribution in [3.05, 3.63) is 0 Å². The van der Waals surface area contributed by atoms with E-state index >= 15 is 0 Å². The fourth-order valence-corrected chi connectivity index (χ4v) is 1.40. The van der Waals surface area contributed by atoms with E-state index in [1.165, 1.54) is 0 Å². The maximum atomic E-state index is 11.8. The summed E-state index contributed by atoms with van der Waals surface area (Å²) in [6.07, 6.45) is 1.16. The molecule has 1 unspecified atom stereocenters. The Labute approximate surface area is 99.2 Å². The molecular formula is C10H18N2O5. The number of carbonyl (C=O) groups excluding carboxylic acids is 1. The highest BCUT2D eigenvalue weighted by molar-refractivity contribution is 5.86. The van der Waals surface area contributed by atoms with E-state index in [4.69, 9.17) is 15.9 Å². The predicted molar refractivity (Wildman–Crippen MR) is 59.3 cm³/mol. The first kappa shape index (κ1) is 15.4. The number of amides is 1. The average Bonchev–Trinajstić information content (AvgIpc) is 2.22. The summed E-state index contributed by atoms with van der Waals surface area (Å²) in [4.78, 5) is 33.7. The van der Waals surface area contributed by atoms with Gasteiger partial charge in [-0.2, -0.15) is 0 Å². The van der Waals surface area contributed by atoms with Crippen molar-refractivity contribution >= 4 is 17.8 Å². The van der Waals surface area contributed by atoms with Gasteiger partial charge in [-0.25, -0.2) is 0 Å². The van der Waals surface area contributed by atoms with E-state index < -0.39 is 36.9 Å². The minimum atomic E-state index is -1.23. The monoisotopic (exact) mass is 246 g/mol. The van der Waals surface area contributed by atoms with Crippen LogP contribution in [0.1, 0.15) is 19.8 Å². The summed E-state index contributed by atoms with van der Waals surface area (Å²) in [5.74, 6) is -3.35. The molecule has 0 bridgehead atoms. The maximum Gasteiger partial charge on any atom is 0.323 e. The molecule has 0 fully saturated rings. The number of rotatable bonds is 8. The molecule has 0 aromatic rings. The van der Waals surface area contributed by atoms with Crippen molar-refractivity contribution in [3.8, 4) is 0 Å². The van der Waals surface area contributed by atoms with Gasteiger partial charge in [-0.1, -0.05) is 6.92 Å². The first-order valence-electron chi connectivity index (χ1n) is 5.31. The van der Waals surface area contributed by atoms with Gasteiger partial charge < -0.3 is 20.8 Å². The normalized spacial score (nSPS) is 11.9. The topological polar surface area (TPSA) is 121 Å².